The van der Waals surface area contributed by atoms with E-state index in [1.54, 1.807) is 0 Å². The van der Waals surface area contributed by atoms with Crippen LogP contribution in [0.5, 0.6) is 0 Å². The third kappa shape index (κ3) is 8.34. The van der Waals surface area contributed by atoms with Gasteiger partial charge in [-0.1, -0.05) is 18.2 Å². The fraction of sp³-hybridized carbons (Fsp3) is 0.667. The number of carbonyl (C=O) groups excluding carboxylic acids is 2. The van der Waals surface area contributed by atoms with E-state index in [9.17, 15) is 14.7 Å². The van der Waals surface area contributed by atoms with E-state index in [-0.39, 0.29) is 18.1 Å². The second kappa shape index (κ2) is 13.6. The Hall–Kier alpha value is -2.91. The molecule has 2 amide bonds. The molecule has 2 aliphatic heterocycles. The van der Waals surface area contributed by atoms with Gasteiger partial charge in [0.05, 0.1) is 17.2 Å². The minimum Gasteiger partial charge on any atom is -0.444 e. The lowest BCUT2D eigenvalue weighted by molar-refractivity contribution is -0.00111. The number of likely N-dealkylation sites (tertiary alicyclic amines) is 1. The molecule has 230 valence electrons. The maximum absolute atomic E-state index is 13.5. The van der Waals surface area contributed by atoms with Crippen molar-refractivity contribution in [3.8, 4) is 0 Å². The molecule has 0 radical (unpaired) electrons. The van der Waals surface area contributed by atoms with Gasteiger partial charge in [-0.05, 0) is 102 Å². The van der Waals surface area contributed by atoms with Crippen LogP contribution in [-0.4, -0.2) is 84.5 Å². The van der Waals surface area contributed by atoms with E-state index in [0.29, 0.717) is 36.4 Å². The average molecular weight is 580 g/mol. The lowest BCUT2D eigenvalue weighted by Gasteiger charge is -2.38. The van der Waals surface area contributed by atoms with Crippen LogP contribution < -0.4 is 15.5 Å². The summed E-state index contributed by atoms with van der Waals surface area (Å²) in [6.07, 6.45) is 7.10. The SMILES string of the molecule is CC(C)(C)OC(=O)NC[C@H]1CC[C@H](CNC(=O)c2cc(N3CCC(CCN4CC(O)C4)CC3)nc3ccccc23)CC1. The summed E-state index contributed by atoms with van der Waals surface area (Å²) in [5, 5.41) is 16.6. The van der Waals surface area contributed by atoms with Crippen LogP contribution >= 0.6 is 0 Å². The number of fused-ring (bicyclic) bond motifs is 1. The third-order valence-corrected chi connectivity index (χ3v) is 9.13. The Kier molecular flexibility index (Phi) is 9.88. The first-order valence-electron chi connectivity index (χ1n) is 15.9. The maximum atomic E-state index is 13.5. The van der Waals surface area contributed by atoms with E-state index in [0.717, 1.165) is 88.0 Å². The number of pyridine rings is 1. The lowest BCUT2D eigenvalue weighted by Crippen LogP contribution is -2.51. The Morgan fingerprint density at radius 3 is 2.24 bits per heavy atom. The number of β-amino-alcohol motifs (C(OH)–C–C–N with tert-alkyl or cyclic N) is 1. The number of benzene rings is 1. The highest BCUT2D eigenvalue weighted by Gasteiger charge is 2.27. The number of nitrogens with zero attached hydrogens (tertiary/aromatic N) is 3. The number of hydrogen-bond donors (Lipinski definition) is 3. The Morgan fingerprint density at radius 2 is 1.60 bits per heavy atom. The maximum Gasteiger partial charge on any atom is 0.407 e. The fourth-order valence-corrected chi connectivity index (χ4v) is 6.57. The van der Waals surface area contributed by atoms with Crippen molar-refractivity contribution in [2.75, 3.05) is 50.7 Å². The molecule has 3 fully saturated rings. The number of nitrogens with one attached hydrogen (secondary N) is 2. The molecular weight excluding hydrogens is 530 g/mol. The first-order valence-corrected chi connectivity index (χ1v) is 15.9. The molecule has 0 unspecified atom stereocenters. The summed E-state index contributed by atoms with van der Waals surface area (Å²) >= 11 is 0. The molecule has 0 atom stereocenters. The molecular formula is C33H49N5O4. The third-order valence-electron chi connectivity index (χ3n) is 9.13. The number of ether oxygens (including phenoxy) is 1. The normalized spacial score (nSPS) is 22.5. The standard InChI is InChI=1S/C33H49N5O4/c1-33(2,3)42-32(41)35-20-25-10-8-24(9-11-25)19-34-31(40)28-18-30(36-29-7-5-4-6-27(28)29)38-16-13-23(14-17-38)12-15-37-21-26(39)22-37/h4-7,18,23-26,39H,8-17,19-22H2,1-3H3,(H,34,40)(H,35,41)/t24-,25-. The number of para-hydroxylation sites is 1. The first-order chi connectivity index (χ1) is 20.1. The van der Waals surface area contributed by atoms with Crippen LogP contribution in [0.3, 0.4) is 0 Å². The number of rotatable bonds is 9. The highest BCUT2D eigenvalue weighted by atomic mass is 16.6. The van der Waals surface area contributed by atoms with Gasteiger partial charge in [0, 0.05) is 44.7 Å². The number of aliphatic hydroxyl groups is 1. The van der Waals surface area contributed by atoms with E-state index in [4.69, 9.17) is 9.72 Å². The summed E-state index contributed by atoms with van der Waals surface area (Å²) < 4.78 is 5.35. The highest BCUT2D eigenvalue weighted by Crippen LogP contribution is 2.30. The molecule has 3 aliphatic rings. The van der Waals surface area contributed by atoms with Crippen LogP contribution in [0, 0.1) is 17.8 Å². The number of carbonyl (C=O) groups is 2. The summed E-state index contributed by atoms with van der Waals surface area (Å²) in [5.74, 6) is 2.45. The molecule has 9 heteroatoms. The van der Waals surface area contributed by atoms with Crippen LogP contribution in [0.4, 0.5) is 10.6 Å². The largest absolute Gasteiger partial charge is 0.444 e. The minimum absolute atomic E-state index is 0.0322. The van der Waals surface area contributed by atoms with Crippen LogP contribution in [0.25, 0.3) is 10.9 Å². The summed E-state index contributed by atoms with van der Waals surface area (Å²) in [5.41, 5.74) is 1.07. The average Bonchev–Trinajstić information content (AvgIpc) is 2.96. The van der Waals surface area contributed by atoms with Crippen molar-refractivity contribution in [2.24, 2.45) is 17.8 Å². The molecule has 3 heterocycles. The molecule has 0 spiro atoms. The molecule has 2 aromatic rings. The summed E-state index contributed by atoms with van der Waals surface area (Å²) in [7, 11) is 0. The molecule has 3 N–H and O–H groups in total. The van der Waals surface area contributed by atoms with Gasteiger partial charge < -0.3 is 25.4 Å². The van der Waals surface area contributed by atoms with Gasteiger partial charge in [-0.2, -0.15) is 0 Å². The molecule has 5 rings (SSSR count). The Bertz CT molecular complexity index is 1210. The molecule has 42 heavy (non-hydrogen) atoms. The van der Waals surface area contributed by atoms with Crippen molar-refractivity contribution in [1.29, 1.82) is 0 Å². The van der Waals surface area contributed by atoms with E-state index >= 15 is 0 Å². The van der Waals surface area contributed by atoms with Crippen LogP contribution in [-0.2, 0) is 4.74 Å². The number of anilines is 1. The predicted molar refractivity (Wildman–Crippen MR) is 166 cm³/mol. The van der Waals surface area contributed by atoms with Crippen LogP contribution in [0.1, 0.15) is 76.1 Å². The van der Waals surface area contributed by atoms with Gasteiger partial charge in [-0.15, -0.1) is 0 Å². The van der Waals surface area contributed by atoms with Crippen molar-refractivity contribution in [1.82, 2.24) is 20.5 Å². The topological polar surface area (TPSA) is 107 Å². The Morgan fingerprint density at radius 1 is 0.952 bits per heavy atom. The molecule has 0 bridgehead atoms. The van der Waals surface area contributed by atoms with E-state index < -0.39 is 5.60 Å². The fourth-order valence-electron chi connectivity index (χ4n) is 6.57. The first kappa shape index (κ1) is 30.5. The lowest BCUT2D eigenvalue weighted by atomic mass is 9.82. The van der Waals surface area contributed by atoms with Crippen molar-refractivity contribution in [3.05, 3.63) is 35.9 Å². The van der Waals surface area contributed by atoms with E-state index in [2.05, 4.69) is 20.4 Å². The number of alkyl carbamates (subject to hydrolysis) is 1. The van der Waals surface area contributed by atoms with Gasteiger partial charge in [0.1, 0.15) is 11.4 Å². The number of aliphatic hydroxyl groups excluding tert-OH is 1. The summed E-state index contributed by atoms with van der Waals surface area (Å²) in [6, 6.07) is 9.92. The van der Waals surface area contributed by atoms with Gasteiger partial charge in [-0.25, -0.2) is 9.78 Å². The number of hydrogen-bond acceptors (Lipinski definition) is 7. The van der Waals surface area contributed by atoms with Gasteiger partial charge in [0.15, 0.2) is 0 Å². The van der Waals surface area contributed by atoms with E-state index in [1.807, 2.05) is 51.1 Å². The van der Waals surface area contributed by atoms with Gasteiger partial charge in [0.25, 0.3) is 5.91 Å². The number of amides is 2. The molecule has 1 aliphatic carbocycles. The second-order valence-corrected chi connectivity index (χ2v) is 13.7. The predicted octanol–water partition coefficient (Wildman–Crippen LogP) is 4.58. The number of aromatic nitrogens is 1. The van der Waals surface area contributed by atoms with Crippen molar-refractivity contribution in [2.45, 2.75) is 77.4 Å². The Balaban J connectivity index is 1.11. The highest BCUT2D eigenvalue weighted by molar-refractivity contribution is 6.07. The van der Waals surface area contributed by atoms with Crippen molar-refractivity contribution in [3.63, 3.8) is 0 Å². The van der Waals surface area contributed by atoms with Gasteiger partial charge in [0.2, 0.25) is 0 Å². The molecule has 1 saturated carbocycles. The van der Waals surface area contributed by atoms with Gasteiger partial charge in [-0.3, -0.25) is 9.69 Å². The van der Waals surface area contributed by atoms with Gasteiger partial charge >= 0.3 is 6.09 Å². The zero-order valence-electron chi connectivity index (χ0n) is 25.6. The zero-order chi connectivity index (χ0) is 29.7. The van der Waals surface area contributed by atoms with Crippen molar-refractivity contribution >= 4 is 28.7 Å². The smallest absolute Gasteiger partial charge is 0.407 e. The molecule has 2 saturated heterocycles. The monoisotopic (exact) mass is 579 g/mol. The van der Waals surface area contributed by atoms with Crippen LogP contribution in [0.15, 0.2) is 30.3 Å². The quantitative estimate of drug-likeness (QED) is 0.399. The van der Waals surface area contributed by atoms with Crippen LogP contribution in [0.2, 0.25) is 0 Å². The van der Waals surface area contributed by atoms with E-state index in [1.165, 1.54) is 6.42 Å². The second-order valence-electron chi connectivity index (χ2n) is 13.7. The van der Waals surface area contributed by atoms with Crippen molar-refractivity contribution < 1.29 is 19.4 Å². The molecule has 9 nitrogen and oxygen atoms in total. The number of piperidine rings is 1. The molecule has 1 aromatic heterocycles. The summed E-state index contributed by atoms with van der Waals surface area (Å²) in [4.78, 5) is 35.1. The Labute approximate surface area is 250 Å². The molecule has 1 aromatic carbocycles. The summed E-state index contributed by atoms with van der Waals surface area (Å²) in [6.45, 7) is 11.5. The zero-order valence-corrected chi connectivity index (χ0v) is 25.6. The minimum atomic E-state index is -0.489.